The number of anilines is 1. The molecule has 0 saturated carbocycles. The molecule has 112 valence electrons. The van der Waals surface area contributed by atoms with Crippen LogP contribution in [0.4, 0.5) is 10.1 Å². The molecule has 21 heavy (non-hydrogen) atoms. The van der Waals surface area contributed by atoms with Crippen molar-refractivity contribution in [3.05, 3.63) is 53.8 Å². The van der Waals surface area contributed by atoms with Crippen LogP contribution in [0.15, 0.2) is 42.5 Å². The molecular weight excluding hydrogens is 269 g/mol. The summed E-state index contributed by atoms with van der Waals surface area (Å²) in [5.41, 5.74) is 1.55. The van der Waals surface area contributed by atoms with Gasteiger partial charge in [0, 0.05) is 24.3 Å². The maximum absolute atomic E-state index is 13.4. The Bertz CT molecular complexity index is 601. The molecule has 4 heteroatoms. The standard InChI is InChI=1S/C17H20FNO2/c1-3-19(15-9-6-8-14(18)11-15)12-13-7-5-10-16(17(13)20)21-4-2/h5-11,20H,3-4,12H2,1-2H3. The summed E-state index contributed by atoms with van der Waals surface area (Å²) in [5, 5.41) is 10.2. The first-order valence-corrected chi connectivity index (χ1v) is 7.09. The minimum absolute atomic E-state index is 0.147. The molecule has 0 spiro atoms. The molecule has 2 aromatic rings. The van der Waals surface area contributed by atoms with Crippen molar-refractivity contribution in [2.24, 2.45) is 0 Å². The van der Waals surface area contributed by atoms with Crippen molar-refractivity contribution in [1.82, 2.24) is 0 Å². The van der Waals surface area contributed by atoms with Crippen LogP contribution in [0.3, 0.4) is 0 Å². The van der Waals surface area contributed by atoms with E-state index in [1.165, 1.54) is 12.1 Å². The molecule has 0 aliphatic rings. The summed E-state index contributed by atoms with van der Waals surface area (Å²) in [7, 11) is 0. The summed E-state index contributed by atoms with van der Waals surface area (Å²) in [4.78, 5) is 1.99. The number of para-hydroxylation sites is 1. The largest absolute Gasteiger partial charge is 0.504 e. The minimum Gasteiger partial charge on any atom is -0.504 e. The van der Waals surface area contributed by atoms with Crippen molar-refractivity contribution in [2.45, 2.75) is 20.4 Å². The first-order chi connectivity index (χ1) is 10.2. The Morgan fingerprint density at radius 1 is 1.14 bits per heavy atom. The lowest BCUT2D eigenvalue weighted by atomic mass is 10.1. The second-order valence-electron chi connectivity index (χ2n) is 4.69. The van der Waals surface area contributed by atoms with E-state index in [1.807, 2.05) is 36.9 Å². The zero-order chi connectivity index (χ0) is 15.2. The number of rotatable bonds is 6. The van der Waals surface area contributed by atoms with Gasteiger partial charge in [0.15, 0.2) is 11.5 Å². The number of phenolic OH excluding ortho intramolecular Hbond substituents is 1. The number of hydrogen-bond acceptors (Lipinski definition) is 3. The van der Waals surface area contributed by atoms with Gasteiger partial charge >= 0.3 is 0 Å². The van der Waals surface area contributed by atoms with E-state index in [9.17, 15) is 9.50 Å². The third kappa shape index (κ3) is 3.66. The van der Waals surface area contributed by atoms with E-state index in [0.717, 1.165) is 11.3 Å². The molecule has 0 heterocycles. The van der Waals surface area contributed by atoms with E-state index in [2.05, 4.69) is 0 Å². The van der Waals surface area contributed by atoms with E-state index in [0.29, 0.717) is 25.4 Å². The molecule has 0 unspecified atom stereocenters. The molecule has 0 amide bonds. The van der Waals surface area contributed by atoms with Gasteiger partial charge in [-0.15, -0.1) is 0 Å². The Hall–Kier alpha value is -2.23. The first-order valence-electron chi connectivity index (χ1n) is 7.09. The van der Waals surface area contributed by atoms with Crippen molar-refractivity contribution in [2.75, 3.05) is 18.1 Å². The maximum atomic E-state index is 13.4. The van der Waals surface area contributed by atoms with Crippen LogP contribution >= 0.6 is 0 Å². The van der Waals surface area contributed by atoms with Gasteiger partial charge in [-0.25, -0.2) is 4.39 Å². The molecule has 2 aromatic carbocycles. The molecule has 0 fully saturated rings. The van der Waals surface area contributed by atoms with Gasteiger partial charge in [0.25, 0.3) is 0 Å². The zero-order valence-corrected chi connectivity index (χ0v) is 12.3. The molecule has 0 aliphatic carbocycles. The van der Waals surface area contributed by atoms with E-state index in [1.54, 1.807) is 12.1 Å². The van der Waals surface area contributed by atoms with E-state index in [4.69, 9.17) is 4.74 Å². The summed E-state index contributed by atoms with van der Waals surface area (Å²) in [6, 6.07) is 11.9. The van der Waals surface area contributed by atoms with Crippen LogP contribution in [0.2, 0.25) is 0 Å². The molecule has 0 radical (unpaired) electrons. The van der Waals surface area contributed by atoms with Crippen molar-refractivity contribution in [3.8, 4) is 11.5 Å². The van der Waals surface area contributed by atoms with Crippen LogP contribution in [0, 0.1) is 5.82 Å². The fraction of sp³-hybridized carbons (Fsp3) is 0.294. The Labute approximate surface area is 124 Å². The Balaban J connectivity index is 2.25. The number of aromatic hydroxyl groups is 1. The highest BCUT2D eigenvalue weighted by Gasteiger charge is 2.12. The number of ether oxygens (including phenoxy) is 1. The van der Waals surface area contributed by atoms with Gasteiger partial charge in [-0.3, -0.25) is 0 Å². The summed E-state index contributed by atoms with van der Waals surface area (Å²) in [5.74, 6) is 0.359. The van der Waals surface area contributed by atoms with Gasteiger partial charge in [0.2, 0.25) is 0 Å². The van der Waals surface area contributed by atoms with E-state index >= 15 is 0 Å². The molecular formula is C17H20FNO2. The fourth-order valence-corrected chi connectivity index (χ4v) is 2.23. The Kier molecular flexibility index (Phi) is 5.04. The average Bonchev–Trinajstić information content (AvgIpc) is 2.48. The first kappa shape index (κ1) is 15.2. The van der Waals surface area contributed by atoms with Crippen LogP contribution in [0.5, 0.6) is 11.5 Å². The quantitative estimate of drug-likeness (QED) is 0.873. The number of halogens is 1. The van der Waals surface area contributed by atoms with Crippen molar-refractivity contribution >= 4 is 5.69 Å². The molecule has 0 atom stereocenters. The zero-order valence-electron chi connectivity index (χ0n) is 12.3. The summed E-state index contributed by atoms with van der Waals surface area (Å²) in [6.45, 7) is 5.57. The van der Waals surface area contributed by atoms with Crippen molar-refractivity contribution in [1.29, 1.82) is 0 Å². The Morgan fingerprint density at radius 2 is 1.90 bits per heavy atom. The monoisotopic (exact) mass is 289 g/mol. The maximum Gasteiger partial charge on any atom is 0.162 e. The lowest BCUT2D eigenvalue weighted by Gasteiger charge is -2.24. The minimum atomic E-state index is -0.266. The smallest absolute Gasteiger partial charge is 0.162 e. The molecule has 3 nitrogen and oxygen atoms in total. The average molecular weight is 289 g/mol. The lowest BCUT2D eigenvalue weighted by molar-refractivity contribution is 0.316. The van der Waals surface area contributed by atoms with Gasteiger partial charge < -0.3 is 14.7 Å². The molecule has 0 saturated heterocycles. The SMILES string of the molecule is CCOc1cccc(CN(CC)c2cccc(F)c2)c1O. The highest BCUT2D eigenvalue weighted by atomic mass is 19.1. The predicted octanol–water partition coefficient (Wildman–Crippen LogP) is 3.96. The number of hydrogen-bond donors (Lipinski definition) is 1. The second-order valence-corrected chi connectivity index (χ2v) is 4.69. The highest BCUT2D eigenvalue weighted by Crippen LogP contribution is 2.31. The third-order valence-electron chi connectivity index (χ3n) is 3.30. The van der Waals surface area contributed by atoms with E-state index < -0.39 is 0 Å². The predicted molar refractivity (Wildman–Crippen MR) is 82.4 cm³/mol. The van der Waals surface area contributed by atoms with Crippen LogP contribution in [0.25, 0.3) is 0 Å². The summed E-state index contributed by atoms with van der Waals surface area (Å²) in [6.07, 6.45) is 0. The molecule has 0 bridgehead atoms. The Morgan fingerprint density at radius 3 is 2.57 bits per heavy atom. The lowest BCUT2D eigenvalue weighted by Crippen LogP contribution is -2.22. The second kappa shape index (κ2) is 6.97. The molecule has 1 N–H and O–H groups in total. The number of benzene rings is 2. The van der Waals surface area contributed by atoms with Gasteiger partial charge in [0.05, 0.1) is 6.61 Å². The summed E-state index contributed by atoms with van der Waals surface area (Å²) < 4.78 is 18.7. The topological polar surface area (TPSA) is 32.7 Å². The van der Waals surface area contributed by atoms with Crippen molar-refractivity contribution in [3.63, 3.8) is 0 Å². The van der Waals surface area contributed by atoms with Gasteiger partial charge in [-0.1, -0.05) is 18.2 Å². The molecule has 0 aliphatic heterocycles. The van der Waals surface area contributed by atoms with Crippen LogP contribution in [-0.2, 0) is 6.54 Å². The van der Waals surface area contributed by atoms with Gasteiger partial charge in [-0.05, 0) is 38.1 Å². The van der Waals surface area contributed by atoms with Gasteiger partial charge in [0.1, 0.15) is 5.82 Å². The molecule has 2 rings (SSSR count). The van der Waals surface area contributed by atoms with Crippen molar-refractivity contribution < 1.29 is 14.2 Å². The fourth-order valence-electron chi connectivity index (χ4n) is 2.23. The normalized spacial score (nSPS) is 10.4. The number of nitrogens with zero attached hydrogens (tertiary/aromatic N) is 1. The molecule has 0 aromatic heterocycles. The van der Waals surface area contributed by atoms with E-state index in [-0.39, 0.29) is 11.6 Å². The van der Waals surface area contributed by atoms with Crippen LogP contribution in [0.1, 0.15) is 19.4 Å². The van der Waals surface area contributed by atoms with Crippen LogP contribution < -0.4 is 9.64 Å². The third-order valence-corrected chi connectivity index (χ3v) is 3.30. The van der Waals surface area contributed by atoms with Crippen LogP contribution in [-0.4, -0.2) is 18.3 Å². The highest BCUT2D eigenvalue weighted by molar-refractivity contribution is 5.51. The number of phenols is 1. The van der Waals surface area contributed by atoms with Gasteiger partial charge in [-0.2, -0.15) is 0 Å². The summed E-state index contributed by atoms with van der Waals surface area (Å²) >= 11 is 0.